The standard InChI is InChI=1S/C11H16N2O/c1-4-11(2,3)13-10(14)9-6-5-8(9)7-12/h4-6H2,1-3H3,(H,13,14). The molecule has 3 nitrogen and oxygen atoms in total. The van der Waals surface area contributed by atoms with Crippen LogP contribution >= 0.6 is 0 Å². The molecular formula is C11H16N2O. The summed E-state index contributed by atoms with van der Waals surface area (Å²) in [5.41, 5.74) is 1.14. The van der Waals surface area contributed by atoms with E-state index in [1.165, 1.54) is 0 Å². The Morgan fingerprint density at radius 3 is 2.57 bits per heavy atom. The Hall–Kier alpha value is -1.30. The molecule has 0 heterocycles. The summed E-state index contributed by atoms with van der Waals surface area (Å²) < 4.78 is 0. The highest BCUT2D eigenvalue weighted by Gasteiger charge is 2.27. The predicted molar refractivity (Wildman–Crippen MR) is 54.4 cm³/mol. The molecule has 0 saturated heterocycles. The van der Waals surface area contributed by atoms with Crippen LogP contribution in [0.15, 0.2) is 11.1 Å². The second kappa shape index (κ2) is 3.83. The first-order chi connectivity index (χ1) is 6.50. The average Bonchev–Trinajstić information content (AvgIpc) is 2.02. The van der Waals surface area contributed by atoms with E-state index in [9.17, 15) is 4.79 Å². The van der Waals surface area contributed by atoms with Gasteiger partial charge in [-0.05, 0) is 33.1 Å². The SMILES string of the molecule is CCC(C)(C)NC(=O)C1=C(C#N)CC1. The van der Waals surface area contributed by atoms with Crippen molar-refractivity contribution >= 4 is 5.91 Å². The lowest BCUT2D eigenvalue weighted by atomic mass is 9.88. The third-order valence-electron chi connectivity index (χ3n) is 2.73. The Balaban J connectivity index is 2.66. The molecule has 0 radical (unpaired) electrons. The highest BCUT2D eigenvalue weighted by Crippen LogP contribution is 2.27. The van der Waals surface area contributed by atoms with E-state index < -0.39 is 0 Å². The normalized spacial score (nSPS) is 15.9. The highest BCUT2D eigenvalue weighted by molar-refractivity contribution is 5.96. The zero-order valence-electron chi connectivity index (χ0n) is 8.98. The van der Waals surface area contributed by atoms with Crippen LogP contribution < -0.4 is 5.32 Å². The molecule has 1 aliphatic carbocycles. The van der Waals surface area contributed by atoms with Crippen LogP contribution in [0.1, 0.15) is 40.0 Å². The molecule has 76 valence electrons. The van der Waals surface area contributed by atoms with E-state index in [-0.39, 0.29) is 11.4 Å². The number of nitriles is 1. The summed E-state index contributed by atoms with van der Waals surface area (Å²) in [5.74, 6) is -0.0698. The molecule has 1 aliphatic rings. The summed E-state index contributed by atoms with van der Waals surface area (Å²) in [6.45, 7) is 5.99. The summed E-state index contributed by atoms with van der Waals surface area (Å²) in [5, 5.41) is 11.6. The van der Waals surface area contributed by atoms with Crippen molar-refractivity contribution in [3.05, 3.63) is 11.1 Å². The Kier molecular flexibility index (Phi) is 2.95. The monoisotopic (exact) mass is 192 g/mol. The van der Waals surface area contributed by atoms with Crippen LogP contribution in [0.5, 0.6) is 0 Å². The first-order valence-electron chi connectivity index (χ1n) is 4.95. The Morgan fingerprint density at radius 2 is 2.21 bits per heavy atom. The Labute approximate surface area is 84.8 Å². The Morgan fingerprint density at radius 1 is 1.57 bits per heavy atom. The molecule has 0 unspecified atom stereocenters. The molecule has 0 aromatic heterocycles. The number of amides is 1. The minimum atomic E-state index is -0.180. The molecule has 0 fully saturated rings. The van der Waals surface area contributed by atoms with Crippen molar-refractivity contribution < 1.29 is 4.79 Å². The zero-order valence-corrected chi connectivity index (χ0v) is 8.98. The van der Waals surface area contributed by atoms with E-state index in [1.54, 1.807) is 0 Å². The molecule has 0 atom stereocenters. The van der Waals surface area contributed by atoms with Crippen molar-refractivity contribution in [2.45, 2.75) is 45.6 Å². The molecule has 3 heteroatoms. The van der Waals surface area contributed by atoms with Crippen molar-refractivity contribution in [3.8, 4) is 6.07 Å². The molecule has 1 N–H and O–H groups in total. The first kappa shape index (κ1) is 10.8. The van der Waals surface area contributed by atoms with Crippen LogP contribution in [0, 0.1) is 11.3 Å². The van der Waals surface area contributed by atoms with Gasteiger partial charge in [0.05, 0.1) is 6.07 Å². The van der Waals surface area contributed by atoms with Gasteiger partial charge in [0.1, 0.15) is 0 Å². The maximum atomic E-state index is 11.6. The number of carbonyl (C=O) groups excluding carboxylic acids is 1. The molecule has 0 spiro atoms. The van der Waals surface area contributed by atoms with Gasteiger partial charge in [-0.2, -0.15) is 5.26 Å². The predicted octanol–water partition coefficient (Wildman–Crippen LogP) is 1.91. The largest absolute Gasteiger partial charge is 0.347 e. The van der Waals surface area contributed by atoms with Crippen molar-refractivity contribution in [2.24, 2.45) is 0 Å². The van der Waals surface area contributed by atoms with Gasteiger partial charge in [-0.1, -0.05) is 6.92 Å². The van der Waals surface area contributed by atoms with Crippen LogP contribution in [0.3, 0.4) is 0 Å². The summed E-state index contributed by atoms with van der Waals surface area (Å²) >= 11 is 0. The number of nitrogens with zero attached hydrogens (tertiary/aromatic N) is 1. The summed E-state index contributed by atoms with van der Waals surface area (Å²) in [6.07, 6.45) is 2.38. The fourth-order valence-electron chi connectivity index (χ4n) is 1.22. The van der Waals surface area contributed by atoms with Crippen LogP contribution in [0.25, 0.3) is 0 Å². The molecule has 1 rings (SSSR count). The molecule has 1 amide bonds. The second-order valence-electron chi connectivity index (χ2n) is 4.26. The van der Waals surface area contributed by atoms with Gasteiger partial charge in [0.25, 0.3) is 0 Å². The molecule has 0 bridgehead atoms. The van der Waals surface area contributed by atoms with Crippen molar-refractivity contribution in [2.75, 3.05) is 0 Å². The number of hydrogen-bond acceptors (Lipinski definition) is 2. The number of rotatable bonds is 3. The minimum Gasteiger partial charge on any atom is -0.347 e. The third kappa shape index (κ3) is 2.14. The van der Waals surface area contributed by atoms with Crippen LogP contribution in [0.2, 0.25) is 0 Å². The van der Waals surface area contributed by atoms with E-state index in [0.29, 0.717) is 11.1 Å². The van der Waals surface area contributed by atoms with E-state index >= 15 is 0 Å². The number of carbonyl (C=O) groups is 1. The molecule has 0 aromatic carbocycles. The maximum absolute atomic E-state index is 11.6. The van der Waals surface area contributed by atoms with Gasteiger partial charge in [-0.25, -0.2) is 0 Å². The zero-order chi connectivity index (χ0) is 10.8. The number of hydrogen-bond donors (Lipinski definition) is 1. The average molecular weight is 192 g/mol. The van der Waals surface area contributed by atoms with Gasteiger partial charge in [0.15, 0.2) is 0 Å². The van der Waals surface area contributed by atoms with Gasteiger partial charge in [0.2, 0.25) is 5.91 Å². The summed E-state index contributed by atoms with van der Waals surface area (Å²) in [7, 11) is 0. The quantitative estimate of drug-likeness (QED) is 0.742. The second-order valence-corrected chi connectivity index (χ2v) is 4.26. The van der Waals surface area contributed by atoms with Crippen LogP contribution in [-0.4, -0.2) is 11.4 Å². The van der Waals surface area contributed by atoms with Gasteiger partial charge in [-0.15, -0.1) is 0 Å². The van der Waals surface area contributed by atoms with Crippen molar-refractivity contribution in [1.29, 1.82) is 5.26 Å². The smallest absolute Gasteiger partial charge is 0.248 e. The molecular weight excluding hydrogens is 176 g/mol. The molecule has 0 saturated carbocycles. The fraction of sp³-hybridized carbons (Fsp3) is 0.636. The first-order valence-corrected chi connectivity index (χ1v) is 4.95. The highest BCUT2D eigenvalue weighted by atomic mass is 16.1. The van der Waals surface area contributed by atoms with E-state index in [0.717, 1.165) is 19.3 Å². The fourth-order valence-corrected chi connectivity index (χ4v) is 1.22. The molecule has 0 aromatic rings. The van der Waals surface area contributed by atoms with Crippen molar-refractivity contribution in [1.82, 2.24) is 5.32 Å². The van der Waals surface area contributed by atoms with Crippen LogP contribution in [-0.2, 0) is 4.79 Å². The minimum absolute atomic E-state index is 0.0698. The maximum Gasteiger partial charge on any atom is 0.248 e. The van der Waals surface area contributed by atoms with Crippen molar-refractivity contribution in [3.63, 3.8) is 0 Å². The van der Waals surface area contributed by atoms with Gasteiger partial charge >= 0.3 is 0 Å². The lowest BCUT2D eigenvalue weighted by Crippen LogP contribution is -2.44. The van der Waals surface area contributed by atoms with Gasteiger partial charge in [0, 0.05) is 16.7 Å². The summed E-state index contributed by atoms with van der Waals surface area (Å²) in [4.78, 5) is 11.6. The summed E-state index contributed by atoms with van der Waals surface area (Å²) in [6, 6.07) is 2.05. The van der Waals surface area contributed by atoms with Gasteiger partial charge < -0.3 is 5.32 Å². The third-order valence-corrected chi connectivity index (χ3v) is 2.73. The van der Waals surface area contributed by atoms with E-state index in [2.05, 4.69) is 11.4 Å². The molecule has 14 heavy (non-hydrogen) atoms. The van der Waals surface area contributed by atoms with Crippen LogP contribution in [0.4, 0.5) is 0 Å². The van der Waals surface area contributed by atoms with Gasteiger partial charge in [-0.3, -0.25) is 4.79 Å². The number of allylic oxidation sites excluding steroid dienone is 1. The lowest BCUT2D eigenvalue weighted by Gasteiger charge is -2.27. The Bertz CT molecular complexity index is 321. The van der Waals surface area contributed by atoms with E-state index in [1.807, 2.05) is 20.8 Å². The molecule has 0 aliphatic heterocycles. The topological polar surface area (TPSA) is 52.9 Å². The lowest BCUT2D eigenvalue weighted by molar-refractivity contribution is -0.119. The van der Waals surface area contributed by atoms with E-state index in [4.69, 9.17) is 5.26 Å². The number of nitrogens with one attached hydrogen (secondary N) is 1.